The van der Waals surface area contributed by atoms with Crippen LogP contribution in [-0.4, -0.2) is 14.3 Å². The van der Waals surface area contributed by atoms with E-state index in [0.29, 0.717) is 5.76 Å². The summed E-state index contributed by atoms with van der Waals surface area (Å²) in [5.74, 6) is 0.137. The van der Waals surface area contributed by atoms with Gasteiger partial charge in [0.1, 0.15) is 5.76 Å². The molecule has 0 radical (unpaired) electrons. The third-order valence-electron chi connectivity index (χ3n) is 4.14. The fraction of sp³-hybridized carbons (Fsp3) is 0.150. The summed E-state index contributed by atoms with van der Waals surface area (Å²) in [5, 5.41) is 2.86. The molecule has 0 saturated carbocycles. The highest BCUT2D eigenvalue weighted by molar-refractivity contribution is 7.89. The molecule has 0 saturated heterocycles. The Morgan fingerprint density at radius 2 is 1.70 bits per heavy atom. The van der Waals surface area contributed by atoms with Gasteiger partial charge in [-0.05, 0) is 55.3 Å². The number of benzene rings is 2. The average Bonchev–Trinajstić information content (AvgIpc) is 3.17. The molecule has 0 fully saturated rings. The minimum atomic E-state index is -3.77. The number of para-hydroxylation sites is 1. The van der Waals surface area contributed by atoms with E-state index in [9.17, 15) is 13.2 Å². The number of sulfonamides is 1. The second-order valence-electron chi connectivity index (χ2n) is 6.15. The molecule has 0 bridgehead atoms. The van der Waals surface area contributed by atoms with Crippen molar-refractivity contribution in [2.75, 3.05) is 5.32 Å². The third kappa shape index (κ3) is 4.45. The van der Waals surface area contributed by atoms with Crippen LogP contribution in [0.15, 0.2) is 70.2 Å². The van der Waals surface area contributed by atoms with Crippen molar-refractivity contribution in [1.82, 2.24) is 4.72 Å². The fourth-order valence-electron chi connectivity index (χ4n) is 2.66. The summed E-state index contributed by atoms with van der Waals surface area (Å²) in [4.78, 5) is 12.6. The van der Waals surface area contributed by atoms with Gasteiger partial charge in [0.15, 0.2) is 0 Å². The van der Waals surface area contributed by atoms with E-state index in [0.717, 1.165) is 16.8 Å². The second kappa shape index (κ2) is 7.77. The van der Waals surface area contributed by atoms with E-state index in [-0.39, 0.29) is 22.9 Å². The minimum absolute atomic E-state index is 0.0169. The van der Waals surface area contributed by atoms with Crippen LogP contribution in [0.3, 0.4) is 0 Å². The Morgan fingerprint density at radius 1 is 1.00 bits per heavy atom. The SMILES string of the molecule is Cc1cccc(C)c1NC(=O)c1cccc(S(=O)(=O)NCc2ccco2)c1. The Kier molecular flexibility index (Phi) is 5.43. The molecule has 1 amide bonds. The fourth-order valence-corrected chi connectivity index (χ4v) is 3.70. The molecule has 3 aromatic rings. The zero-order chi connectivity index (χ0) is 19.4. The van der Waals surface area contributed by atoms with Gasteiger partial charge in [0, 0.05) is 11.3 Å². The van der Waals surface area contributed by atoms with Crippen molar-refractivity contribution in [3.8, 4) is 0 Å². The zero-order valence-corrected chi connectivity index (χ0v) is 15.8. The predicted octanol–water partition coefficient (Wildman–Crippen LogP) is 3.63. The van der Waals surface area contributed by atoms with Crippen LogP contribution in [0, 0.1) is 13.8 Å². The number of nitrogens with one attached hydrogen (secondary N) is 2. The highest BCUT2D eigenvalue weighted by Gasteiger charge is 2.17. The van der Waals surface area contributed by atoms with Crippen LogP contribution in [0.2, 0.25) is 0 Å². The van der Waals surface area contributed by atoms with Crippen molar-refractivity contribution in [2.24, 2.45) is 0 Å². The monoisotopic (exact) mass is 384 g/mol. The number of rotatable bonds is 6. The maximum absolute atomic E-state index is 12.6. The molecule has 3 rings (SSSR count). The Hall–Kier alpha value is -2.90. The molecule has 0 unspecified atom stereocenters. The summed E-state index contributed by atoms with van der Waals surface area (Å²) < 4.78 is 32.6. The van der Waals surface area contributed by atoms with Crippen LogP contribution in [-0.2, 0) is 16.6 Å². The van der Waals surface area contributed by atoms with Gasteiger partial charge in [-0.3, -0.25) is 4.79 Å². The van der Waals surface area contributed by atoms with Gasteiger partial charge in [0.05, 0.1) is 17.7 Å². The van der Waals surface area contributed by atoms with E-state index in [4.69, 9.17) is 4.42 Å². The molecule has 0 aliphatic rings. The number of amides is 1. The van der Waals surface area contributed by atoms with Gasteiger partial charge in [-0.15, -0.1) is 0 Å². The molecule has 1 aromatic heterocycles. The van der Waals surface area contributed by atoms with Crippen molar-refractivity contribution in [2.45, 2.75) is 25.3 Å². The lowest BCUT2D eigenvalue weighted by Crippen LogP contribution is -2.23. The molecule has 2 N–H and O–H groups in total. The highest BCUT2D eigenvalue weighted by Crippen LogP contribution is 2.21. The minimum Gasteiger partial charge on any atom is -0.468 e. The third-order valence-corrected chi connectivity index (χ3v) is 5.54. The molecule has 6 nitrogen and oxygen atoms in total. The summed E-state index contributed by atoms with van der Waals surface area (Å²) in [7, 11) is -3.77. The van der Waals surface area contributed by atoms with E-state index in [1.165, 1.54) is 18.4 Å². The van der Waals surface area contributed by atoms with Crippen molar-refractivity contribution >= 4 is 21.6 Å². The maximum Gasteiger partial charge on any atom is 0.255 e. The van der Waals surface area contributed by atoms with Gasteiger partial charge < -0.3 is 9.73 Å². The molecule has 7 heteroatoms. The topological polar surface area (TPSA) is 88.4 Å². The second-order valence-corrected chi connectivity index (χ2v) is 7.92. The molecule has 27 heavy (non-hydrogen) atoms. The molecule has 2 aromatic carbocycles. The van der Waals surface area contributed by atoms with Crippen LogP contribution >= 0.6 is 0 Å². The number of carbonyl (C=O) groups is 1. The number of hydrogen-bond acceptors (Lipinski definition) is 4. The Bertz CT molecular complexity index is 1040. The number of hydrogen-bond donors (Lipinski definition) is 2. The van der Waals surface area contributed by atoms with Crippen molar-refractivity contribution < 1.29 is 17.6 Å². The molecule has 0 atom stereocenters. The largest absolute Gasteiger partial charge is 0.468 e. The summed E-state index contributed by atoms with van der Waals surface area (Å²) >= 11 is 0. The van der Waals surface area contributed by atoms with E-state index >= 15 is 0 Å². The molecule has 140 valence electrons. The Morgan fingerprint density at radius 3 is 2.37 bits per heavy atom. The Labute approximate surface area is 158 Å². The zero-order valence-electron chi connectivity index (χ0n) is 15.0. The number of carbonyl (C=O) groups excluding carboxylic acids is 1. The van der Waals surface area contributed by atoms with Gasteiger partial charge in [-0.25, -0.2) is 13.1 Å². The van der Waals surface area contributed by atoms with E-state index < -0.39 is 10.0 Å². The van der Waals surface area contributed by atoms with Crippen LogP contribution in [0.25, 0.3) is 0 Å². The molecule has 0 aliphatic carbocycles. The summed E-state index contributed by atoms with van der Waals surface area (Å²) in [5.41, 5.74) is 2.87. The lowest BCUT2D eigenvalue weighted by Gasteiger charge is -2.12. The van der Waals surface area contributed by atoms with Gasteiger partial charge >= 0.3 is 0 Å². The number of anilines is 1. The molecule has 0 spiro atoms. The predicted molar refractivity (Wildman–Crippen MR) is 103 cm³/mol. The van der Waals surface area contributed by atoms with Gasteiger partial charge in [0.25, 0.3) is 5.91 Å². The molecular weight excluding hydrogens is 364 g/mol. The van der Waals surface area contributed by atoms with Crippen LogP contribution in [0.4, 0.5) is 5.69 Å². The average molecular weight is 384 g/mol. The lowest BCUT2D eigenvalue weighted by molar-refractivity contribution is 0.102. The van der Waals surface area contributed by atoms with Crippen LogP contribution < -0.4 is 10.0 Å². The number of aryl methyl sites for hydroxylation is 2. The summed E-state index contributed by atoms with van der Waals surface area (Å²) in [6.45, 7) is 3.85. The highest BCUT2D eigenvalue weighted by atomic mass is 32.2. The maximum atomic E-state index is 12.6. The Balaban J connectivity index is 1.79. The van der Waals surface area contributed by atoms with Gasteiger partial charge in [-0.1, -0.05) is 24.3 Å². The van der Waals surface area contributed by atoms with Gasteiger partial charge in [-0.2, -0.15) is 0 Å². The first-order valence-electron chi connectivity index (χ1n) is 8.36. The number of furan rings is 1. The van der Waals surface area contributed by atoms with Gasteiger partial charge in [0.2, 0.25) is 10.0 Å². The summed E-state index contributed by atoms with van der Waals surface area (Å²) in [6.07, 6.45) is 1.47. The van der Waals surface area contributed by atoms with Crippen molar-refractivity contribution in [3.05, 3.63) is 83.3 Å². The van der Waals surface area contributed by atoms with Crippen molar-refractivity contribution in [3.63, 3.8) is 0 Å². The van der Waals surface area contributed by atoms with Crippen molar-refractivity contribution in [1.29, 1.82) is 0 Å². The smallest absolute Gasteiger partial charge is 0.255 e. The quantitative estimate of drug-likeness (QED) is 0.679. The standard InChI is InChI=1S/C20H20N2O4S/c1-14-6-3-7-15(2)19(14)22-20(23)16-8-4-10-18(12-16)27(24,25)21-13-17-9-5-11-26-17/h3-12,21H,13H2,1-2H3,(H,22,23). The molecular formula is C20H20N2O4S. The lowest BCUT2D eigenvalue weighted by atomic mass is 10.1. The summed E-state index contributed by atoms with van der Waals surface area (Å²) in [6, 6.07) is 15.0. The molecule has 0 aliphatic heterocycles. The van der Waals surface area contributed by atoms with Crippen LogP contribution in [0.5, 0.6) is 0 Å². The van der Waals surface area contributed by atoms with E-state index in [1.807, 2.05) is 32.0 Å². The molecule has 1 heterocycles. The first-order valence-corrected chi connectivity index (χ1v) is 9.85. The first kappa shape index (κ1) is 18.9. The van der Waals surface area contributed by atoms with E-state index in [1.54, 1.807) is 24.3 Å². The van der Waals surface area contributed by atoms with E-state index in [2.05, 4.69) is 10.0 Å². The first-order chi connectivity index (χ1) is 12.9. The van der Waals surface area contributed by atoms with Crippen LogP contribution in [0.1, 0.15) is 27.2 Å². The normalized spacial score (nSPS) is 11.3.